The number of aryl methyl sites for hydroxylation is 2. The van der Waals surface area contributed by atoms with Gasteiger partial charge in [0.05, 0.1) is 5.52 Å². The second kappa shape index (κ2) is 4.56. The Morgan fingerprint density at radius 3 is 2.64 bits per heavy atom. The molecule has 6 nitrogen and oxygen atoms in total. The molecule has 0 bridgehead atoms. The Bertz CT molecular complexity index is 892. The normalized spacial score (nSPS) is 13.6. The van der Waals surface area contributed by atoms with Crippen molar-refractivity contribution in [2.24, 2.45) is 0 Å². The van der Waals surface area contributed by atoms with Gasteiger partial charge in [-0.05, 0) is 43.7 Å². The largest absolute Gasteiger partial charge is 0.334 e. The van der Waals surface area contributed by atoms with Gasteiger partial charge in [0.25, 0.3) is 0 Å². The number of aromatic amines is 1. The summed E-state index contributed by atoms with van der Waals surface area (Å²) in [6, 6.07) is 7.89. The van der Waals surface area contributed by atoms with E-state index in [2.05, 4.69) is 31.9 Å². The maximum absolute atomic E-state index is 11.4. The zero-order valence-electron chi connectivity index (χ0n) is 12.3. The summed E-state index contributed by atoms with van der Waals surface area (Å²) in [7, 11) is 0. The van der Waals surface area contributed by atoms with Crippen LogP contribution in [-0.2, 0) is 6.54 Å². The van der Waals surface area contributed by atoms with Gasteiger partial charge in [-0.2, -0.15) is 5.10 Å². The number of rotatable bonds is 1. The Labute approximate surface area is 127 Å². The van der Waals surface area contributed by atoms with E-state index >= 15 is 0 Å². The van der Waals surface area contributed by atoms with Crippen LogP contribution < -0.4 is 10.6 Å². The number of hydrogen-bond donors (Lipinski definition) is 3. The fraction of sp³-hybridized carbons (Fsp3) is 0.188. The van der Waals surface area contributed by atoms with Gasteiger partial charge in [0.15, 0.2) is 0 Å². The Balaban J connectivity index is 1.91. The van der Waals surface area contributed by atoms with Crippen molar-refractivity contribution >= 4 is 22.6 Å². The van der Waals surface area contributed by atoms with Crippen molar-refractivity contribution in [3.05, 3.63) is 41.2 Å². The van der Waals surface area contributed by atoms with Gasteiger partial charge in [0, 0.05) is 34.6 Å². The summed E-state index contributed by atoms with van der Waals surface area (Å²) in [6.07, 6.45) is 0. The van der Waals surface area contributed by atoms with Gasteiger partial charge in [-0.15, -0.1) is 0 Å². The lowest BCUT2D eigenvalue weighted by atomic mass is 10.0. The first-order valence-corrected chi connectivity index (χ1v) is 7.12. The van der Waals surface area contributed by atoms with Gasteiger partial charge in [-0.25, -0.2) is 4.79 Å². The van der Waals surface area contributed by atoms with Crippen LogP contribution in [0.2, 0.25) is 0 Å². The molecule has 6 heteroatoms. The number of nitrogens with one attached hydrogen (secondary N) is 3. The molecule has 2 amide bonds. The summed E-state index contributed by atoms with van der Waals surface area (Å²) in [5.41, 5.74) is 6.68. The minimum atomic E-state index is -0.174. The van der Waals surface area contributed by atoms with E-state index in [1.54, 1.807) is 0 Å². The molecule has 0 atom stereocenters. The molecule has 0 saturated heterocycles. The van der Waals surface area contributed by atoms with Crippen LogP contribution in [0.4, 0.5) is 10.5 Å². The average molecular weight is 293 g/mol. The summed E-state index contributed by atoms with van der Waals surface area (Å²) in [5, 5.41) is 14.1. The van der Waals surface area contributed by atoms with Gasteiger partial charge in [0.2, 0.25) is 0 Å². The molecular formula is C16H15N5O. The maximum atomic E-state index is 11.4. The van der Waals surface area contributed by atoms with Crippen molar-refractivity contribution in [3.63, 3.8) is 0 Å². The first-order valence-electron chi connectivity index (χ1n) is 7.12. The molecule has 1 aliphatic heterocycles. The molecule has 3 N–H and O–H groups in total. The predicted octanol–water partition coefficient (Wildman–Crippen LogP) is 2.88. The van der Waals surface area contributed by atoms with E-state index in [9.17, 15) is 4.79 Å². The molecule has 1 aromatic carbocycles. The molecule has 4 rings (SSSR count). The van der Waals surface area contributed by atoms with Crippen LogP contribution in [0.25, 0.3) is 22.2 Å². The highest BCUT2D eigenvalue weighted by atomic mass is 16.2. The second-order valence-electron chi connectivity index (χ2n) is 5.57. The molecule has 22 heavy (non-hydrogen) atoms. The first-order chi connectivity index (χ1) is 10.6. The van der Waals surface area contributed by atoms with E-state index in [-0.39, 0.29) is 6.03 Å². The number of nitrogens with zero attached hydrogens (tertiary/aromatic N) is 2. The lowest BCUT2D eigenvalue weighted by molar-refractivity contribution is 0.251. The molecule has 0 unspecified atom stereocenters. The standard InChI is InChI=1S/C16H15N5O/c1-8-3-10(4-9(2)18-8)15-12-5-11-7-17-16(22)19-13(11)6-14(12)20-21-15/h3-6H,7H2,1-2H3,(H,20,21)(H2,17,19,22). The molecule has 0 spiro atoms. The molecule has 0 saturated carbocycles. The van der Waals surface area contributed by atoms with E-state index in [1.165, 1.54) is 0 Å². The molecule has 3 aromatic rings. The van der Waals surface area contributed by atoms with Crippen LogP contribution in [0.5, 0.6) is 0 Å². The number of hydrogen-bond acceptors (Lipinski definition) is 3. The summed E-state index contributed by atoms with van der Waals surface area (Å²) < 4.78 is 0. The quantitative estimate of drug-likeness (QED) is 0.645. The van der Waals surface area contributed by atoms with E-state index < -0.39 is 0 Å². The fourth-order valence-electron chi connectivity index (χ4n) is 2.91. The SMILES string of the molecule is Cc1cc(-c2n[nH]c3cc4c(cc23)CNC(=O)N4)cc(C)n1. The third-order valence-corrected chi connectivity index (χ3v) is 3.83. The molecule has 0 radical (unpaired) electrons. The summed E-state index contributed by atoms with van der Waals surface area (Å²) in [4.78, 5) is 15.8. The Morgan fingerprint density at radius 2 is 1.86 bits per heavy atom. The minimum absolute atomic E-state index is 0.174. The third-order valence-electron chi connectivity index (χ3n) is 3.83. The second-order valence-corrected chi connectivity index (χ2v) is 5.57. The van der Waals surface area contributed by atoms with E-state index in [0.717, 1.165) is 44.8 Å². The molecule has 3 heterocycles. The molecule has 2 aromatic heterocycles. The topological polar surface area (TPSA) is 82.7 Å². The highest BCUT2D eigenvalue weighted by molar-refractivity contribution is 6.00. The van der Waals surface area contributed by atoms with Gasteiger partial charge >= 0.3 is 6.03 Å². The Morgan fingerprint density at radius 1 is 1.09 bits per heavy atom. The van der Waals surface area contributed by atoms with Crippen LogP contribution in [0.3, 0.4) is 0 Å². The molecule has 0 fully saturated rings. The monoisotopic (exact) mass is 293 g/mol. The van der Waals surface area contributed by atoms with E-state index in [0.29, 0.717) is 6.54 Å². The van der Waals surface area contributed by atoms with E-state index in [1.807, 2.05) is 32.0 Å². The smallest absolute Gasteiger partial charge is 0.319 e. The van der Waals surface area contributed by atoms with Crippen LogP contribution in [0.15, 0.2) is 24.3 Å². The molecule has 0 aliphatic carbocycles. The maximum Gasteiger partial charge on any atom is 0.319 e. The zero-order chi connectivity index (χ0) is 15.3. The van der Waals surface area contributed by atoms with Crippen LogP contribution in [-0.4, -0.2) is 21.2 Å². The lowest BCUT2D eigenvalue weighted by Crippen LogP contribution is -2.33. The Kier molecular flexibility index (Phi) is 2.66. The number of carbonyl (C=O) groups is 1. The van der Waals surface area contributed by atoms with Crippen molar-refractivity contribution < 1.29 is 4.79 Å². The van der Waals surface area contributed by atoms with Crippen molar-refractivity contribution in [2.75, 3.05) is 5.32 Å². The average Bonchev–Trinajstić information content (AvgIpc) is 2.86. The van der Waals surface area contributed by atoms with Gasteiger partial charge in [-0.3, -0.25) is 10.1 Å². The number of carbonyl (C=O) groups excluding carboxylic acids is 1. The van der Waals surface area contributed by atoms with Crippen molar-refractivity contribution in [1.82, 2.24) is 20.5 Å². The van der Waals surface area contributed by atoms with Crippen LogP contribution in [0, 0.1) is 13.8 Å². The summed E-state index contributed by atoms with van der Waals surface area (Å²) in [5.74, 6) is 0. The number of anilines is 1. The van der Waals surface area contributed by atoms with Gasteiger partial charge in [-0.1, -0.05) is 0 Å². The third kappa shape index (κ3) is 2.00. The first kappa shape index (κ1) is 12.8. The number of fused-ring (bicyclic) bond motifs is 2. The van der Waals surface area contributed by atoms with Gasteiger partial charge in [0.1, 0.15) is 5.69 Å². The number of benzene rings is 1. The lowest BCUT2D eigenvalue weighted by Gasteiger charge is -2.18. The number of H-pyrrole nitrogens is 1. The van der Waals surface area contributed by atoms with E-state index in [4.69, 9.17) is 0 Å². The number of amides is 2. The van der Waals surface area contributed by atoms with Crippen LogP contribution >= 0.6 is 0 Å². The fourth-order valence-corrected chi connectivity index (χ4v) is 2.91. The molecule has 110 valence electrons. The summed E-state index contributed by atoms with van der Waals surface area (Å²) in [6.45, 7) is 4.48. The zero-order valence-corrected chi connectivity index (χ0v) is 12.3. The molecular weight excluding hydrogens is 278 g/mol. The predicted molar refractivity (Wildman–Crippen MR) is 84.7 cm³/mol. The highest BCUT2D eigenvalue weighted by Crippen LogP contribution is 2.32. The van der Waals surface area contributed by atoms with Crippen molar-refractivity contribution in [3.8, 4) is 11.3 Å². The minimum Gasteiger partial charge on any atom is -0.334 e. The number of urea groups is 1. The Hall–Kier alpha value is -2.89. The summed E-state index contributed by atoms with van der Waals surface area (Å²) >= 11 is 0. The highest BCUT2D eigenvalue weighted by Gasteiger charge is 2.17. The van der Waals surface area contributed by atoms with Crippen molar-refractivity contribution in [2.45, 2.75) is 20.4 Å². The van der Waals surface area contributed by atoms with Crippen LogP contribution in [0.1, 0.15) is 17.0 Å². The molecule has 1 aliphatic rings. The van der Waals surface area contributed by atoms with Crippen molar-refractivity contribution in [1.29, 1.82) is 0 Å². The number of aromatic nitrogens is 3. The van der Waals surface area contributed by atoms with Gasteiger partial charge < -0.3 is 10.6 Å². The number of pyridine rings is 1.